The molecule has 0 fully saturated rings. The summed E-state index contributed by atoms with van der Waals surface area (Å²) in [5.41, 5.74) is 4.48. The van der Waals surface area contributed by atoms with Gasteiger partial charge in [-0.25, -0.2) is 9.50 Å². The zero-order valence-corrected chi connectivity index (χ0v) is 13.9. The summed E-state index contributed by atoms with van der Waals surface area (Å²) in [6.07, 6.45) is 0.312. The highest BCUT2D eigenvalue weighted by molar-refractivity contribution is 9.10. The summed E-state index contributed by atoms with van der Waals surface area (Å²) in [5, 5.41) is 12.2. The number of aliphatic hydroxyl groups excluding tert-OH is 1. The predicted octanol–water partition coefficient (Wildman–Crippen LogP) is 2.60. The maximum absolute atomic E-state index is 12.6. The number of aromatic amines is 1. The molecule has 0 aliphatic heterocycles. The average molecular weight is 362 g/mol. The van der Waals surface area contributed by atoms with Gasteiger partial charge in [-0.2, -0.15) is 0 Å². The number of aromatic nitrogens is 3. The Morgan fingerprint density at radius 1 is 1.27 bits per heavy atom. The molecule has 3 rings (SSSR count). The van der Waals surface area contributed by atoms with E-state index in [0.29, 0.717) is 23.3 Å². The summed E-state index contributed by atoms with van der Waals surface area (Å²) in [5.74, 6) is 0. The third kappa shape index (κ3) is 2.38. The standard InChI is InChI=1S/C16H16BrN3O2/c1-9-13(7-8-21)16(22)20-15(18-9)14(10(2)19-20)11-3-5-12(17)6-4-11/h3-6,19,21H,7-8H2,1-2H3. The molecule has 0 bridgehead atoms. The Balaban J connectivity index is 2.31. The van der Waals surface area contributed by atoms with Gasteiger partial charge in [0.15, 0.2) is 5.65 Å². The average Bonchev–Trinajstić information content (AvgIpc) is 2.81. The molecule has 0 amide bonds. The van der Waals surface area contributed by atoms with Crippen molar-refractivity contribution in [1.29, 1.82) is 0 Å². The molecule has 114 valence electrons. The van der Waals surface area contributed by atoms with E-state index in [4.69, 9.17) is 5.11 Å². The summed E-state index contributed by atoms with van der Waals surface area (Å²) in [6, 6.07) is 7.90. The Kier molecular flexibility index (Phi) is 3.88. The van der Waals surface area contributed by atoms with Gasteiger partial charge < -0.3 is 5.11 Å². The highest BCUT2D eigenvalue weighted by atomic mass is 79.9. The molecule has 0 aliphatic rings. The van der Waals surface area contributed by atoms with E-state index in [1.165, 1.54) is 4.52 Å². The fourth-order valence-electron chi connectivity index (χ4n) is 2.69. The normalized spacial score (nSPS) is 11.3. The Morgan fingerprint density at radius 3 is 2.59 bits per heavy atom. The van der Waals surface area contributed by atoms with E-state index < -0.39 is 0 Å². The van der Waals surface area contributed by atoms with Gasteiger partial charge in [0.25, 0.3) is 5.56 Å². The molecule has 3 aromatic rings. The van der Waals surface area contributed by atoms with E-state index in [-0.39, 0.29) is 12.2 Å². The number of hydrogen-bond donors (Lipinski definition) is 2. The number of H-pyrrole nitrogens is 1. The van der Waals surface area contributed by atoms with Crippen LogP contribution in [0.2, 0.25) is 0 Å². The molecule has 2 aromatic heterocycles. The second-order valence-electron chi connectivity index (χ2n) is 5.23. The molecule has 0 radical (unpaired) electrons. The highest BCUT2D eigenvalue weighted by Crippen LogP contribution is 2.28. The molecule has 0 aliphatic carbocycles. The fraction of sp³-hybridized carbons (Fsp3) is 0.250. The number of rotatable bonds is 3. The van der Waals surface area contributed by atoms with E-state index in [9.17, 15) is 4.79 Å². The number of aliphatic hydroxyl groups is 1. The van der Waals surface area contributed by atoms with Crippen molar-refractivity contribution in [2.24, 2.45) is 0 Å². The molecule has 2 N–H and O–H groups in total. The van der Waals surface area contributed by atoms with Crippen LogP contribution in [-0.4, -0.2) is 26.3 Å². The minimum Gasteiger partial charge on any atom is -0.396 e. The van der Waals surface area contributed by atoms with Gasteiger partial charge in [-0.3, -0.25) is 9.89 Å². The molecule has 0 unspecified atom stereocenters. The Hall–Kier alpha value is -1.92. The number of nitrogens with zero attached hydrogens (tertiary/aromatic N) is 2. The molecule has 2 heterocycles. The number of benzene rings is 1. The van der Waals surface area contributed by atoms with Gasteiger partial charge in [0, 0.05) is 40.0 Å². The largest absolute Gasteiger partial charge is 0.396 e. The summed E-state index contributed by atoms with van der Waals surface area (Å²) in [7, 11) is 0. The minimum atomic E-state index is -0.150. The topological polar surface area (TPSA) is 70.4 Å². The minimum absolute atomic E-state index is 0.0664. The van der Waals surface area contributed by atoms with Gasteiger partial charge in [0.2, 0.25) is 0 Å². The summed E-state index contributed by atoms with van der Waals surface area (Å²) in [4.78, 5) is 17.1. The van der Waals surface area contributed by atoms with E-state index in [0.717, 1.165) is 21.3 Å². The molecule has 0 saturated heterocycles. The summed E-state index contributed by atoms with van der Waals surface area (Å²) in [6.45, 7) is 3.66. The first-order valence-corrected chi connectivity index (χ1v) is 7.80. The second kappa shape index (κ2) is 5.70. The van der Waals surface area contributed by atoms with Gasteiger partial charge in [-0.1, -0.05) is 28.1 Å². The van der Waals surface area contributed by atoms with Crippen molar-refractivity contribution in [3.63, 3.8) is 0 Å². The lowest BCUT2D eigenvalue weighted by molar-refractivity contribution is 0.298. The van der Waals surface area contributed by atoms with Gasteiger partial charge in [-0.15, -0.1) is 0 Å². The molecule has 5 nitrogen and oxygen atoms in total. The summed E-state index contributed by atoms with van der Waals surface area (Å²) >= 11 is 3.42. The Bertz CT molecular complexity index is 894. The van der Waals surface area contributed by atoms with Crippen molar-refractivity contribution in [1.82, 2.24) is 14.6 Å². The first kappa shape index (κ1) is 15.0. The lowest BCUT2D eigenvalue weighted by Gasteiger charge is -2.05. The SMILES string of the molecule is Cc1nc2c(-c3ccc(Br)cc3)c(C)[nH]n2c(=O)c1CCO. The van der Waals surface area contributed by atoms with Crippen molar-refractivity contribution in [3.8, 4) is 11.1 Å². The van der Waals surface area contributed by atoms with E-state index >= 15 is 0 Å². The first-order valence-electron chi connectivity index (χ1n) is 7.00. The van der Waals surface area contributed by atoms with Gasteiger partial charge >= 0.3 is 0 Å². The molecule has 6 heteroatoms. The van der Waals surface area contributed by atoms with Crippen LogP contribution in [0.25, 0.3) is 16.8 Å². The maximum Gasteiger partial charge on any atom is 0.276 e. The van der Waals surface area contributed by atoms with Crippen LogP contribution < -0.4 is 5.56 Å². The van der Waals surface area contributed by atoms with E-state index in [1.807, 2.05) is 31.2 Å². The van der Waals surface area contributed by atoms with E-state index in [1.54, 1.807) is 6.92 Å². The van der Waals surface area contributed by atoms with Gasteiger partial charge in [0.05, 0.1) is 0 Å². The number of halogens is 1. The predicted molar refractivity (Wildman–Crippen MR) is 89.2 cm³/mol. The van der Waals surface area contributed by atoms with E-state index in [2.05, 4.69) is 26.0 Å². The Labute approximate surface area is 135 Å². The molecule has 1 aromatic carbocycles. The third-order valence-corrected chi connectivity index (χ3v) is 4.28. The quantitative estimate of drug-likeness (QED) is 0.753. The molecule has 0 atom stereocenters. The number of fused-ring (bicyclic) bond motifs is 1. The lowest BCUT2D eigenvalue weighted by atomic mass is 10.1. The van der Waals surface area contributed by atoms with Crippen LogP contribution in [0.5, 0.6) is 0 Å². The third-order valence-electron chi connectivity index (χ3n) is 3.76. The maximum atomic E-state index is 12.6. The number of hydrogen-bond acceptors (Lipinski definition) is 3. The van der Waals surface area contributed by atoms with Crippen molar-refractivity contribution in [2.45, 2.75) is 20.3 Å². The number of aryl methyl sites for hydroxylation is 2. The van der Waals surface area contributed by atoms with Crippen LogP contribution in [0.3, 0.4) is 0 Å². The van der Waals surface area contributed by atoms with Crippen molar-refractivity contribution >= 4 is 21.6 Å². The first-order chi connectivity index (χ1) is 10.5. The fourth-order valence-corrected chi connectivity index (χ4v) is 2.95. The summed E-state index contributed by atoms with van der Waals surface area (Å²) < 4.78 is 2.46. The molecular weight excluding hydrogens is 346 g/mol. The van der Waals surface area contributed by atoms with Crippen molar-refractivity contribution in [2.75, 3.05) is 6.61 Å². The molecule has 0 saturated carbocycles. The molecular formula is C16H16BrN3O2. The zero-order valence-electron chi connectivity index (χ0n) is 12.4. The monoisotopic (exact) mass is 361 g/mol. The van der Waals surface area contributed by atoms with Gasteiger partial charge in [0.1, 0.15) is 0 Å². The van der Waals surface area contributed by atoms with Crippen molar-refractivity contribution < 1.29 is 5.11 Å². The smallest absolute Gasteiger partial charge is 0.276 e. The van der Waals surface area contributed by atoms with Crippen LogP contribution in [-0.2, 0) is 6.42 Å². The Morgan fingerprint density at radius 2 is 1.95 bits per heavy atom. The lowest BCUT2D eigenvalue weighted by Crippen LogP contribution is -2.22. The second-order valence-corrected chi connectivity index (χ2v) is 6.15. The van der Waals surface area contributed by atoms with Crippen LogP contribution >= 0.6 is 15.9 Å². The van der Waals surface area contributed by atoms with Crippen molar-refractivity contribution in [3.05, 3.63) is 56.0 Å². The molecule has 22 heavy (non-hydrogen) atoms. The van der Waals surface area contributed by atoms with Crippen LogP contribution in [0.1, 0.15) is 17.0 Å². The van der Waals surface area contributed by atoms with Gasteiger partial charge in [-0.05, 0) is 31.5 Å². The zero-order chi connectivity index (χ0) is 15.9. The van der Waals surface area contributed by atoms with Crippen LogP contribution in [0.15, 0.2) is 33.5 Å². The molecule has 0 spiro atoms. The van der Waals surface area contributed by atoms with Crippen LogP contribution in [0, 0.1) is 13.8 Å². The number of nitrogens with one attached hydrogen (secondary N) is 1. The van der Waals surface area contributed by atoms with Crippen LogP contribution in [0.4, 0.5) is 0 Å². The highest BCUT2D eigenvalue weighted by Gasteiger charge is 2.17.